The van der Waals surface area contributed by atoms with Gasteiger partial charge in [0.25, 0.3) is 0 Å². The van der Waals surface area contributed by atoms with E-state index in [9.17, 15) is 0 Å². The van der Waals surface area contributed by atoms with Gasteiger partial charge in [-0.15, -0.1) is 0 Å². The standard InChI is InChI=1S/C21H16NO5/c1-22-8-14-15(23-2)7-18-21(27-10-26-18)19(14)12-4-3-11-5-16-17(25-9-24-16)6-13(11)20(12)22/h3-8H,9-10H2,1-2H3/q+1. The van der Waals surface area contributed by atoms with Crippen LogP contribution in [0.5, 0.6) is 28.7 Å². The quantitative estimate of drug-likeness (QED) is 0.384. The van der Waals surface area contributed by atoms with Gasteiger partial charge in [-0.1, -0.05) is 6.07 Å². The Labute approximate surface area is 154 Å². The molecule has 0 atom stereocenters. The van der Waals surface area contributed by atoms with Gasteiger partial charge in [0.15, 0.2) is 29.2 Å². The van der Waals surface area contributed by atoms with E-state index >= 15 is 0 Å². The highest BCUT2D eigenvalue weighted by Gasteiger charge is 2.27. The molecular formula is C21H16NO5+. The number of ether oxygens (including phenoxy) is 5. The largest absolute Gasteiger partial charge is 0.496 e. The van der Waals surface area contributed by atoms with Gasteiger partial charge in [-0.25, -0.2) is 0 Å². The zero-order valence-corrected chi connectivity index (χ0v) is 14.9. The predicted molar refractivity (Wildman–Crippen MR) is 98.9 cm³/mol. The number of hydrogen-bond acceptors (Lipinski definition) is 5. The molecule has 0 saturated heterocycles. The van der Waals surface area contributed by atoms with Crippen LogP contribution in [-0.2, 0) is 7.05 Å². The van der Waals surface area contributed by atoms with Gasteiger partial charge in [0.1, 0.15) is 12.8 Å². The molecule has 1 aromatic heterocycles. The van der Waals surface area contributed by atoms with Crippen LogP contribution in [0, 0.1) is 0 Å². The maximum Gasteiger partial charge on any atom is 0.231 e. The minimum Gasteiger partial charge on any atom is -0.496 e. The van der Waals surface area contributed by atoms with Crippen molar-refractivity contribution in [1.29, 1.82) is 0 Å². The first-order valence-corrected chi connectivity index (χ1v) is 8.69. The van der Waals surface area contributed by atoms with Crippen molar-refractivity contribution in [2.45, 2.75) is 0 Å². The van der Waals surface area contributed by atoms with E-state index in [1.165, 1.54) is 0 Å². The summed E-state index contributed by atoms with van der Waals surface area (Å²) in [4.78, 5) is 0. The molecule has 3 heterocycles. The molecule has 3 aromatic carbocycles. The average Bonchev–Trinajstić information content (AvgIpc) is 3.33. The van der Waals surface area contributed by atoms with E-state index < -0.39 is 0 Å². The van der Waals surface area contributed by atoms with Gasteiger partial charge in [-0.2, -0.15) is 4.57 Å². The van der Waals surface area contributed by atoms with E-state index in [1.807, 2.05) is 25.2 Å². The van der Waals surface area contributed by atoms with Crippen molar-refractivity contribution in [2.24, 2.45) is 7.05 Å². The highest BCUT2D eigenvalue weighted by molar-refractivity contribution is 6.17. The number of hydrogen-bond donors (Lipinski definition) is 0. The second kappa shape index (κ2) is 5.07. The second-order valence-corrected chi connectivity index (χ2v) is 6.73. The van der Waals surface area contributed by atoms with Crippen LogP contribution in [0.1, 0.15) is 0 Å². The molecule has 4 aromatic rings. The first-order valence-electron chi connectivity index (χ1n) is 8.69. The van der Waals surface area contributed by atoms with Crippen LogP contribution in [0.3, 0.4) is 0 Å². The zero-order chi connectivity index (χ0) is 18.1. The zero-order valence-electron chi connectivity index (χ0n) is 14.9. The Morgan fingerprint density at radius 3 is 2.48 bits per heavy atom. The molecule has 0 fully saturated rings. The van der Waals surface area contributed by atoms with Crippen molar-refractivity contribution >= 4 is 32.4 Å². The van der Waals surface area contributed by atoms with E-state index in [-0.39, 0.29) is 13.6 Å². The van der Waals surface area contributed by atoms with E-state index in [0.717, 1.165) is 55.4 Å². The summed E-state index contributed by atoms with van der Waals surface area (Å²) in [5, 5.41) is 5.24. The van der Waals surface area contributed by atoms with Crippen LogP contribution < -0.4 is 28.3 Å². The van der Waals surface area contributed by atoms with Crippen LogP contribution in [0.4, 0.5) is 0 Å². The predicted octanol–water partition coefficient (Wildman–Crippen LogP) is 3.44. The number of methoxy groups -OCH3 is 1. The van der Waals surface area contributed by atoms with Crippen molar-refractivity contribution in [3.8, 4) is 28.7 Å². The summed E-state index contributed by atoms with van der Waals surface area (Å²) in [6, 6.07) is 10.2. The summed E-state index contributed by atoms with van der Waals surface area (Å²) in [7, 11) is 3.71. The summed E-state index contributed by atoms with van der Waals surface area (Å²) in [5.74, 6) is 3.78. The lowest BCUT2D eigenvalue weighted by Crippen LogP contribution is -2.28. The minimum atomic E-state index is 0.215. The fourth-order valence-corrected chi connectivity index (χ4v) is 4.14. The van der Waals surface area contributed by atoms with Crippen molar-refractivity contribution in [1.82, 2.24) is 0 Å². The molecule has 0 radical (unpaired) electrons. The first kappa shape index (κ1) is 14.7. The van der Waals surface area contributed by atoms with Crippen molar-refractivity contribution in [3.63, 3.8) is 0 Å². The van der Waals surface area contributed by atoms with Gasteiger partial charge in [-0.3, -0.25) is 0 Å². The molecule has 6 nitrogen and oxygen atoms in total. The molecule has 27 heavy (non-hydrogen) atoms. The SMILES string of the molecule is COc1cc2c(c3c1c[n+](C)c1c4cc5c(cc4ccc31)OCO5)OCO2. The lowest BCUT2D eigenvalue weighted by atomic mass is 9.99. The maximum absolute atomic E-state index is 5.81. The number of aromatic nitrogens is 1. The summed E-state index contributed by atoms with van der Waals surface area (Å²) in [6.45, 7) is 0.473. The van der Waals surface area contributed by atoms with Crippen LogP contribution in [0.2, 0.25) is 0 Å². The molecule has 0 N–H and O–H groups in total. The van der Waals surface area contributed by atoms with Crippen LogP contribution in [-0.4, -0.2) is 20.7 Å². The van der Waals surface area contributed by atoms with Crippen LogP contribution >= 0.6 is 0 Å². The minimum absolute atomic E-state index is 0.215. The van der Waals surface area contributed by atoms with Gasteiger partial charge in [0, 0.05) is 6.07 Å². The fourth-order valence-electron chi connectivity index (χ4n) is 4.14. The molecule has 0 aliphatic carbocycles. The average molecular weight is 362 g/mol. The smallest absolute Gasteiger partial charge is 0.231 e. The lowest BCUT2D eigenvalue weighted by Gasteiger charge is -2.11. The number of nitrogens with zero attached hydrogens (tertiary/aromatic N) is 1. The van der Waals surface area contributed by atoms with E-state index in [0.29, 0.717) is 5.75 Å². The molecule has 0 unspecified atom stereocenters. The van der Waals surface area contributed by atoms with Gasteiger partial charge < -0.3 is 23.7 Å². The summed E-state index contributed by atoms with van der Waals surface area (Å²) in [5.41, 5.74) is 1.09. The number of aryl methyl sites for hydroxylation is 1. The highest BCUT2D eigenvalue weighted by atomic mass is 16.7. The Hall–Kier alpha value is -3.41. The Bertz CT molecular complexity index is 1280. The molecule has 0 amide bonds. The Kier molecular flexibility index (Phi) is 2.76. The summed E-state index contributed by atoms with van der Waals surface area (Å²) < 4.78 is 30.3. The van der Waals surface area contributed by atoms with Crippen LogP contribution in [0.15, 0.2) is 36.5 Å². The number of fused-ring (bicyclic) bond motifs is 8. The highest BCUT2D eigenvalue weighted by Crippen LogP contribution is 2.47. The number of benzene rings is 3. The van der Waals surface area contributed by atoms with Crippen molar-refractivity contribution in [3.05, 3.63) is 36.5 Å². The van der Waals surface area contributed by atoms with Crippen LogP contribution in [0.25, 0.3) is 32.4 Å². The normalized spacial score (nSPS) is 14.4. The van der Waals surface area contributed by atoms with E-state index in [1.54, 1.807) is 7.11 Å². The molecule has 6 heteroatoms. The number of pyridine rings is 1. The molecular weight excluding hydrogens is 346 g/mol. The van der Waals surface area contributed by atoms with Gasteiger partial charge in [0.2, 0.25) is 19.1 Å². The topological polar surface area (TPSA) is 50.0 Å². The first-order chi connectivity index (χ1) is 13.2. The van der Waals surface area contributed by atoms with E-state index in [2.05, 4.69) is 22.9 Å². The fraction of sp³-hybridized carbons (Fsp3) is 0.190. The Balaban J connectivity index is 1.83. The summed E-state index contributed by atoms with van der Waals surface area (Å²) in [6.07, 6.45) is 2.07. The van der Waals surface area contributed by atoms with E-state index in [4.69, 9.17) is 23.7 Å². The molecule has 2 aliphatic heterocycles. The third kappa shape index (κ3) is 1.87. The molecule has 0 spiro atoms. The molecule has 134 valence electrons. The number of rotatable bonds is 1. The second-order valence-electron chi connectivity index (χ2n) is 6.73. The van der Waals surface area contributed by atoms with Crippen molar-refractivity contribution in [2.75, 3.05) is 20.7 Å². The van der Waals surface area contributed by atoms with Gasteiger partial charge in [-0.05, 0) is 23.6 Å². The molecule has 0 saturated carbocycles. The molecule has 6 rings (SSSR count). The van der Waals surface area contributed by atoms with Crippen molar-refractivity contribution < 1.29 is 28.3 Å². The van der Waals surface area contributed by atoms with Gasteiger partial charge >= 0.3 is 0 Å². The Morgan fingerprint density at radius 1 is 0.852 bits per heavy atom. The third-order valence-corrected chi connectivity index (χ3v) is 5.31. The monoisotopic (exact) mass is 362 g/mol. The maximum atomic E-state index is 5.81. The Morgan fingerprint density at radius 2 is 1.63 bits per heavy atom. The summed E-state index contributed by atoms with van der Waals surface area (Å²) >= 11 is 0. The lowest BCUT2D eigenvalue weighted by molar-refractivity contribution is -0.642. The molecule has 2 aliphatic rings. The van der Waals surface area contributed by atoms with Gasteiger partial charge in [0.05, 0.1) is 28.7 Å². The third-order valence-electron chi connectivity index (χ3n) is 5.31. The molecule has 0 bridgehead atoms.